The number of hydrogen-bond donors (Lipinski definition) is 2. The van der Waals surface area contributed by atoms with Crippen LogP contribution in [0.15, 0.2) is 24.3 Å². The largest absolute Gasteiger partial charge is 0.446 e. The van der Waals surface area contributed by atoms with E-state index < -0.39 is 11.7 Å². The van der Waals surface area contributed by atoms with E-state index in [4.69, 9.17) is 10.5 Å². The van der Waals surface area contributed by atoms with Gasteiger partial charge in [-0.2, -0.15) is 0 Å². The van der Waals surface area contributed by atoms with Gasteiger partial charge in [-0.25, -0.2) is 4.79 Å². The van der Waals surface area contributed by atoms with Crippen LogP contribution in [0.2, 0.25) is 0 Å². The van der Waals surface area contributed by atoms with Gasteiger partial charge in [0.1, 0.15) is 6.10 Å². The van der Waals surface area contributed by atoms with Crippen molar-refractivity contribution in [2.24, 2.45) is 11.7 Å². The van der Waals surface area contributed by atoms with E-state index in [0.29, 0.717) is 6.42 Å². The van der Waals surface area contributed by atoms with E-state index in [1.165, 1.54) is 0 Å². The summed E-state index contributed by atoms with van der Waals surface area (Å²) in [6.07, 6.45) is 6.45. The van der Waals surface area contributed by atoms with E-state index in [9.17, 15) is 9.90 Å². The number of halogens is 1. The van der Waals surface area contributed by atoms with Crippen LogP contribution < -0.4 is 5.73 Å². The van der Waals surface area contributed by atoms with E-state index in [1.54, 1.807) is 0 Å². The van der Waals surface area contributed by atoms with E-state index in [1.807, 2.05) is 24.3 Å². The van der Waals surface area contributed by atoms with Crippen molar-refractivity contribution in [3.8, 4) is 0 Å². The molecule has 1 saturated carbocycles. The highest BCUT2D eigenvalue weighted by atomic mass is 127. The highest BCUT2D eigenvalue weighted by Gasteiger charge is 2.45. The Kier molecular flexibility index (Phi) is 7.34. The topological polar surface area (TPSA) is 72.6 Å². The number of benzene rings is 1. The minimum absolute atomic E-state index is 0.105. The van der Waals surface area contributed by atoms with Crippen molar-refractivity contribution in [2.75, 3.05) is 0 Å². The molecule has 1 unspecified atom stereocenters. The highest BCUT2D eigenvalue weighted by Crippen LogP contribution is 2.45. The fourth-order valence-corrected chi connectivity index (χ4v) is 4.76. The molecule has 3 N–H and O–H groups in total. The molecule has 3 atom stereocenters. The molecule has 1 amide bonds. The number of carbonyl (C=O) groups excluding carboxylic acids is 1. The molecule has 0 aliphatic heterocycles. The number of rotatable bonds is 7. The molecular formula is C19H28INO3. The Morgan fingerprint density at radius 2 is 2.04 bits per heavy atom. The third-order valence-corrected chi connectivity index (χ3v) is 6.03. The van der Waals surface area contributed by atoms with Crippen molar-refractivity contribution in [1.82, 2.24) is 0 Å². The summed E-state index contributed by atoms with van der Waals surface area (Å²) >= 11 is 2.28. The summed E-state index contributed by atoms with van der Waals surface area (Å²) < 4.78 is 6.45. The van der Waals surface area contributed by atoms with Crippen molar-refractivity contribution in [3.05, 3.63) is 33.4 Å². The predicted molar refractivity (Wildman–Crippen MR) is 104 cm³/mol. The van der Waals surface area contributed by atoms with Crippen LogP contribution in [0.5, 0.6) is 0 Å². The monoisotopic (exact) mass is 445 g/mol. The molecule has 1 fully saturated rings. The minimum Gasteiger partial charge on any atom is -0.446 e. The Morgan fingerprint density at radius 1 is 1.33 bits per heavy atom. The maximum atomic E-state index is 11.8. The lowest BCUT2D eigenvalue weighted by molar-refractivity contribution is -0.101. The minimum atomic E-state index is -0.979. The van der Waals surface area contributed by atoms with Crippen LogP contribution in [0.4, 0.5) is 4.79 Å². The Balaban J connectivity index is 2.36. The molecule has 0 spiro atoms. The van der Waals surface area contributed by atoms with Gasteiger partial charge in [-0.05, 0) is 59.9 Å². The molecule has 0 heterocycles. The van der Waals surface area contributed by atoms with Gasteiger partial charge in [-0.15, -0.1) is 0 Å². The molecule has 1 aromatic rings. The molecule has 1 aliphatic rings. The third-order valence-electron chi connectivity index (χ3n) is 5.09. The lowest BCUT2D eigenvalue weighted by atomic mass is 9.69. The van der Waals surface area contributed by atoms with Gasteiger partial charge in [-0.1, -0.05) is 50.8 Å². The first-order valence-corrected chi connectivity index (χ1v) is 10.0. The summed E-state index contributed by atoms with van der Waals surface area (Å²) in [5, 5.41) is 11.8. The smallest absolute Gasteiger partial charge is 0.404 e. The Hall–Kier alpha value is -0.820. The zero-order chi connectivity index (χ0) is 17.6. The lowest BCUT2D eigenvalue weighted by Gasteiger charge is -2.43. The fourth-order valence-electron chi connectivity index (χ4n) is 3.91. The van der Waals surface area contributed by atoms with Crippen molar-refractivity contribution >= 4 is 28.7 Å². The molecule has 0 bridgehead atoms. The van der Waals surface area contributed by atoms with Gasteiger partial charge in [0.05, 0.1) is 5.60 Å². The normalized spacial score (nSPS) is 23.5. The molecule has 0 aromatic heterocycles. The zero-order valence-corrected chi connectivity index (χ0v) is 16.5. The molecule has 134 valence electrons. The van der Waals surface area contributed by atoms with Crippen LogP contribution >= 0.6 is 22.6 Å². The molecule has 4 nitrogen and oxygen atoms in total. The number of primary amides is 1. The van der Waals surface area contributed by atoms with Crippen molar-refractivity contribution in [3.63, 3.8) is 0 Å². The van der Waals surface area contributed by atoms with Crippen LogP contribution in [0.25, 0.3) is 0 Å². The van der Waals surface area contributed by atoms with Crippen LogP contribution in [0.3, 0.4) is 0 Å². The van der Waals surface area contributed by atoms with Crippen LogP contribution in [0.1, 0.15) is 63.9 Å². The number of carbonyl (C=O) groups is 1. The second kappa shape index (κ2) is 9.04. The van der Waals surface area contributed by atoms with Crippen molar-refractivity contribution in [1.29, 1.82) is 0 Å². The zero-order valence-electron chi connectivity index (χ0n) is 14.3. The Bertz CT molecular complexity index is 551. The number of unbranched alkanes of at least 4 members (excludes halogenated alkanes) is 2. The molecule has 0 saturated heterocycles. The van der Waals surface area contributed by atoms with Gasteiger partial charge >= 0.3 is 6.09 Å². The first-order valence-electron chi connectivity index (χ1n) is 8.92. The predicted octanol–water partition coefficient (Wildman–Crippen LogP) is 4.71. The van der Waals surface area contributed by atoms with Gasteiger partial charge in [-0.3, -0.25) is 0 Å². The van der Waals surface area contributed by atoms with Gasteiger partial charge < -0.3 is 15.6 Å². The van der Waals surface area contributed by atoms with Gasteiger partial charge in [0, 0.05) is 9.49 Å². The molecule has 0 radical (unpaired) electrons. The summed E-state index contributed by atoms with van der Waals surface area (Å²) in [5.74, 6) is -0.105. The summed E-state index contributed by atoms with van der Waals surface area (Å²) in [6.45, 7) is 2.16. The molecule has 2 rings (SSSR count). The number of aliphatic hydroxyl groups is 1. The van der Waals surface area contributed by atoms with E-state index in [-0.39, 0.29) is 12.0 Å². The summed E-state index contributed by atoms with van der Waals surface area (Å²) in [4.78, 5) is 11.3. The lowest BCUT2D eigenvalue weighted by Crippen LogP contribution is -2.46. The van der Waals surface area contributed by atoms with E-state index in [0.717, 1.165) is 54.1 Å². The SMILES string of the molecule is CCCCC[C@@](O)(c1ccccc1I)[C@H]1CCCCC1OC(N)=O. The Morgan fingerprint density at radius 3 is 2.71 bits per heavy atom. The fraction of sp³-hybridized carbons (Fsp3) is 0.632. The average molecular weight is 445 g/mol. The van der Waals surface area contributed by atoms with Crippen molar-refractivity contribution in [2.45, 2.75) is 70.0 Å². The van der Waals surface area contributed by atoms with Gasteiger partial charge in [0.15, 0.2) is 0 Å². The molecule has 1 aliphatic carbocycles. The number of hydrogen-bond acceptors (Lipinski definition) is 3. The summed E-state index contributed by atoms with van der Waals surface area (Å²) in [7, 11) is 0. The first-order chi connectivity index (χ1) is 11.5. The van der Waals surface area contributed by atoms with Gasteiger partial charge in [0.25, 0.3) is 0 Å². The quantitative estimate of drug-likeness (QED) is 0.472. The summed E-state index contributed by atoms with van der Waals surface area (Å²) in [6, 6.07) is 7.97. The molecule has 5 heteroatoms. The standard InChI is InChI=1S/C19H28INO3/c1-2-3-8-13-19(23,14-9-4-6-11-16(14)20)15-10-5-7-12-17(15)24-18(21)22/h4,6,9,11,15,17,23H,2-3,5,7-8,10,12-13H2,1H3,(H2,21,22)/t15-,17?,19+/m0/s1. The number of ether oxygens (including phenoxy) is 1. The van der Waals surface area contributed by atoms with Crippen LogP contribution in [-0.2, 0) is 10.3 Å². The highest BCUT2D eigenvalue weighted by molar-refractivity contribution is 14.1. The molecule has 1 aromatic carbocycles. The second-order valence-corrected chi connectivity index (χ2v) is 7.89. The summed E-state index contributed by atoms with van der Waals surface area (Å²) in [5.41, 5.74) is 5.25. The maximum Gasteiger partial charge on any atom is 0.404 e. The molecule has 24 heavy (non-hydrogen) atoms. The second-order valence-electron chi connectivity index (χ2n) is 6.73. The van der Waals surface area contributed by atoms with Crippen LogP contribution in [-0.4, -0.2) is 17.3 Å². The molecular weight excluding hydrogens is 417 g/mol. The van der Waals surface area contributed by atoms with Crippen LogP contribution in [0, 0.1) is 9.49 Å². The third kappa shape index (κ3) is 4.63. The maximum absolute atomic E-state index is 11.8. The number of nitrogens with two attached hydrogens (primary N) is 1. The van der Waals surface area contributed by atoms with Crippen molar-refractivity contribution < 1.29 is 14.6 Å². The van der Waals surface area contributed by atoms with Gasteiger partial charge in [0.2, 0.25) is 0 Å². The van der Waals surface area contributed by atoms with E-state index >= 15 is 0 Å². The Labute approximate surface area is 158 Å². The number of amides is 1. The average Bonchev–Trinajstić information content (AvgIpc) is 2.55. The van der Waals surface area contributed by atoms with E-state index in [2.05, 4.69) is 29.5 Å². The first kappa shape index (κ1) is 19.5.